The van der Waals surface area contributed by atoms with Crippen molar-refractivity contribution in [2.45, 2.75) is 32.7 Å². The number of ether oxygens (including phenoxy) is 5. The highest BCUT2D eigenvalue weighted by Gasteiger charge is 2.32. The third-order valence-corrected chi connectivity index (χ3v) is 7.25. The van der Waals surface area contributed by atoms with Crippen LogP contribution in [0.25, 0.3) is 0 Å². The summed E-state index contributed by atoms with van der Waals surface area (Å²) in [5, 5.41) is 19.9. The molecule has 1 aliphatic heterocycles. The molecule has 3 aromatic carbocycles. The lowest BCUT2D eigenvalue weighted by atomic mass is 9.95. The van der Waals surface area contributed by atoms with Gasteiger partial charge in [-0.15, -0.1) is 0 Å². The van der Waals surface area contributed by atoms with Crippen molar-refractivity contribution in [3.8, 4) is 23.0 Å². The molecule has 3 aromatic rings. The first-order valence-electron chi connectivity index (χ1n) is 14.1. The third-order valence-electron chi connectivity index (χ3n) is 6.66. The number of aliphatic hydroxyl groups excluding tert-OH is 1. The number of methoxy groups -OCH3 is 2. The number of carbonyl (C=O) groups excluding carboxylic acids is 2. The van der Waals surface area contributed by atoms with Crippen molar-refractivity contribution in [2.75, 3.05) is 27.4 Å². The molecule has 46 heavy (non-hydrogen) atoms. The van der Waals surface area contributed by atoms with E-state index in [0.717, 1.165) is 5.56 Å². The molecule has 0 radical (unpaired) electrons. The summed E-state index contributed by atoms with van der Waals surface area (Å²) in [4.78, 5) is 24.6. The van der Waals surface area contributed by atoms with Gasteiger partial charge in [-0.3, -0.25) is 5.43 Å². The predicted octanol–water partition coefficient (Wildman–Crippen LogP) is 4.70. The molecule has 1 heterocycles. The molecule has 0 aliphatic carbocycles. The number of rotatable bonds is 14. The van der Waals surface area contributed by atoms with Gasteiger partial charge in [0.1, 0.15) is 19.0 Å². The van der Waals surface area contributed by atoms with Gasteiger partial charge in [0.05, 0.1) is 43.1 Å². The molecule has 4 rings (SSSR count). The first kappa shape index (κ1) is 34.1. The maximum absolute atomic E-state index is 13.2. The van der Waals surface area contributed by atoms with Crippen LogP contribution in [0.1, 0.15) is 36.6 Å². The minimum Gasteiger partial charge on any atom is -0.493 e. The second kappa shape index (κ2) is 16.0. The van der Waals surface area contributed by atoms with E-state index < -0.39 is 24.3 Å². The number of urea groups is 1. The lowest BCUT2D eigenvalue weighted by Gasteiger charge is -2.28. The van der Waals surface area contributed by atoms with E-state index in [-0.39, 0.29) is 24.6 Å². The van der Waals surface area contributed by atoms with Crippen molar-refractivity contribution in [3.63, 3.8) is 0 Å². The number of halogens is 2. The Morgan fingerprint density at radius 1 is 1.09 bits per heavy atom. The van der Waals surface area contributed by atoms with Gasteiger partial charge in [0, 0.05) is 5.70 Å². The van der Waals surface area contributed by atoms with Gasteiger partial charge in [-0.1, -0.05) is 18.2 Å². The summed E-state index contributed by atoms with van der Waals surface area (Å²) in [6.45, 7) is 3.76. The number of carbonyl (C=O) groups is 2. The van der Waals surface area contributed by atoms with Gasteiger partial charge in [-0.25, -0.2) is 14.0 Å². The summed E-state index contributed by atoms with van der Waals surface area (Å²) >= 11 is 3.49. The molecular formula is C32H34BrFN4O8. The van der Waals surface area contributed by atoms with Gasteiger partial charge < -0.3 is 39.4 Å². The minimum absolute atomic E-state index is 0.184. The first-order valence-corrected chi connectivity index (χ1v) is 14.9. The minimum atomic E-state index is -1.19. The number of allylic oxidation sites excluding steroid dienone is 1. The summed E-state index contributed by atoms with van der Waals surface area (Å²) in [6, 6.07) is 13.2. The summed E-state index contributed by atoms with van der Waals surface area (Å²) in [6.07, 6.45) is 0.303. The second-order valence-electron chi connectivity index (χ2n) is 9.86. The fourth-order valence-corrected chi connectivity index (χ4v) is 5.08. The summed E-state index contributed by atoms with van der Waals surface area (Å²) in [5.74, 6) is 0.694. The molecule has 0 spiro atoms. The molecule has 2 amide bonds. The maximum Gasteiger partial charge on any atom is 0.337 e. The molecule has 0 aromatic heterocycles. The number of nitrogens with zero attached hydrogens (tertiary/aromatic N) is 1. The molecule has 244 valence electrons. The van der Waals surface area contributed by atoms with Crippen molar-refractivity contribution < 1.29 is 42.8 Å². The number of hydrogen-bond acceptors (Lipinski definition) is 10. The highest BCUT2D eigenvalue weighted by Crippen LogP contribution is 2.37. The zero-order valence-corrected chi connectivity index (χ0v) is 27.1. The van der Waals surface area contributed by atoms with Crippen LogP contribution in [0.4, 0.5) is 9.18 Å². The highest BCUT2D eigenvalue weighted by atomic mass is 79.9. The lowest BCUT2D eigenvalue weighted by Crippen LogP contribution is -2.45. The van der Waals surface area contributed by atoms with Crippen LogP contribution in [0.15, 0.2) is 75.4 Å². The first-order chi connectivity index (χ1) is 22.1. The number of amides is 2. The zero-order valence-electron chi connectivity index (χ0n) is 25.6. The number of benzene rings is 3. The number of nitrogens with one attached hydrogen (secondary N) is 3. The molecule has 0 bridgehead atoms. The SMILES string of the molecule is CCOc1cc([C@@H]2NC(=O)NC(C)=C2C(=O)OC)ccc1OC[C@@H](O)N/N=C\c1cc(Br)c(OCc2ccc(F)cc2)c(OC)c1. The number of aliphatic hydroxyl groups is 1. The van der Waals surface area contributed by atoms with Crippen molar-refractivity contribution in [1.29, 1.82) is 0 Å². The van der Waals surface area contributed by atoms with Crippen molar-refractivity contribution in [3.05, 3.63) is 92.8 Å². The Labute approximate surface area is 273 Å². The van der Waals surface area contributed by atoms with Crippen LogP contribution in [-0.4, -0.2) is 57.0 Å². The van der Waals surface area contributed by atoms with E-state index >= 15 is 0 Å². The fourth-order valence-electron chi connectivity index (χ4n) is 4.51. The summed E-state index contributed by atoms with van der Waals surface area (Å²) in [5.41, 5.74) is 5.25. The van der Waals surface area contributed by atoms with Gasteiger partial charge in [0.2, 0.25) is 0 Å². The van der Waals surface area contributed by atoms with E-state index in [1.807, 2.05) is 0 Å². The van der Waals surface area contributed by atoms with Gasteiger partial charge in [-0.2, -0.15) is 5.10 Å². The van der Waals surface area contributed by atoms with Crippen molar-refractivity contribution in [1.82, 2.24) is 16.1 Å². The molecule has 0 unspecified atom stereocenters. The Morgan fingerprint density at radius 3 is 2.54 bits per heavy atom. The highest BCUT2D eigenvalue weighted by molar-refractivity contribution is 9.10. The van der Waals surface area contributed by atoms with Crippen LogP contribution in [0.3, 0.4) is 0 Å². The number of hydrazone groups is 1. The molecule has 12 nitrogen and oxygen atoms in total. The van der Waals surface area contributed by atoms with Crippen molar-refractivity contribution in [2.24, 2.45) is 5.10 Å². The Kier molecular flexibility index (Phi) is 11.8. The quantitative estimate of drug-likeness (QED) is 0.0813. The summed E-state index contributed by atoms with van der Waals surface area (Å²) in [7, 11) is 2.77. The van der Waals surface area contributed by atoms with Crippen LogP contribution in [0, 0.1) is 5.82 Å². The molecule has 14 heteroatoms. The molecule has 1 aliphatic rings. The average molecular weight is 702 g/mol. The average Bonchev–Trinajstić information content (AvgIpc) is 3.03. The van der Waals surface area contributed by atoms with Gasteiger partial charge in [0.15, 0.2) is 29.2 Å². The van der Waals surface area contributed by atoms with E-state index in [2.05, 4.69) is 37.1 Å². The second-order valence-corrected chi connectivity index (χ2v) is 10.7. The third kappa shape index (κ3) is 8.67. The van der Waals surface area contributed by atoms with Gasteiger partial charge >= 0.3 is 12.0 Å². The molecule has 0 saturated heterocycles. The fraction of sp³-hybridized carbons (Fsp3) is 0.281. The topological polar surface area (TPSA) is 149 Å². The van der Waals surface area contributed by atoms with Crippen LogP contribution >= 0.6 is 15.9 Å². The molecule has 2 atom stereocenters. The van der Waals surface area contributed by atoms with E-state index in [4.69, 9.17) is 23.7 Å². The largest absolute Gasteiger partial charge is 0.493 e. The predicted molar refractivity (Wildman–Crippen MR) is 170 cm³/mol. The maximum atomic E-state index is 13.2. The normalized spacial score (nSPS) is 15.1. The van der Waals surface area contributed by atoms with Crippen LogP contribution < -0.4 is 35.0 Å². The van der Waals surface area contributed by atoms with E-state index in [0.29, 0.717) is 50.9 Å². The van der Waals surface area contributed by atoms with Crippen molar-refractivity contribution >= 4 is 34.1 Å². The van der Waals surface area contributed by atoms with Crippen LogP contribution in [-0.2, 0) is 16.1 Å². The van der Waals surface area contributed by atoms with Crippen LogP contribution in [0.2, 0.25) is 0 Å². The number of hydrogen-bond donors (Lipinski definition) is 4. The Hall–Kier alpha value is -4.82. The van der Waals surface area contributed by atoms with E-state index in [1.54, 1.807) is 56.3 Å². The summed E-state index contributed by atoms with van der Waals surface area (Å²) < 4.78 is 41.6. The van der Waals surface area contributed by atoms with Gasteiger partial charge in [0.25, 0.3) is 0 Å². The molecule has 0 fully saturated rings. The monoisotopic (exact) mass is 700 g/mol. The molecular weight excluding hydrogens is 667 g/mol. The van der Waals surface area contributed by atoms with E-state index in [9.17, 15) is 19.1 Å². The smallest absolute Gasteiger partial charge is 0.337 e. The number of esters is 1. The Morgan fingerprint density at radius 2 is 1.85 bits per heavy atom. The Bertz CT molecular complexity index is 1620. The van der Waals surface area contributed by atoms with E-state index in [1.165, 1.54) is 32.6 Å². The van der Waals surface area contributed by atoms with Gasteiger partial charge in [-0.05, 0) is 82.9 Å². The lowest BCUT2D eigenvalue weighted by molar-refractivity contribution is -0.136. The molecule has 4 N–H and O–H groups in total. The standard InChI is InChI=1S/C32H34BrFN4O8/c1-5-44-25-14-21(29-28(31(40)43-4)18(2)36-32(41)37-29)8-11-24(25)45-17-27(39)38-35-15-20-12-23(33)30(26(13-20)42-3)46-16-19-6-9-22(34)10-7-19/h6-15,27,29,38-39H,5,16-17H2,1-4H3,(H2,36,37,41)/b35-15-/t27-,29+/m1/s1. The molecule has 0 saturated carbocycles. The Balaban J connectivity index is 1.38. The zero-order chi connectivity index (χ0) is 33.2. The van der Waals surface area contributed by atoms with Crippen LogP contribution in [0.5, 0.6) is 23.0 Å².